The molecular weight excluding hydrogens is 282 g/mol. The van der Waals surface area contributed by atoms with Gasteiger partial charge in [-0.1, -0.05) is 0 Å². The molecule has 22 heavy (non-hydrogen) atoms. The smallest absolute Gasteiger partial charge is 0.262 e. The Labute approximate surface area is 128 Å². The Kier molecular flexibility index (Phi) is 2.97. The fourth-order valence-corrected chi connectivity index (χ4v) is 3.44. The van der Waals surface area contributed by atoms with Crippen molar-refractivity contribution in [3.05, 3.63) is 48.4 Å². The van der Waals surface area contributed by atoms with Crippen molar-refractivity contribution < 1.29 is 18.7 Å². The third kappa shape index (κ3) is 1.72. The SMILES string of the molecule is COc1ccc(N2C(=O)[C@]3(CCCO3)[C@H]2c2ccco2)cc1. The lowest BCUT2D eigenvalue weighted by atomic mass is 9.78. The molecule has 0 radical (unpaired) electrons. The minimum Gasteiger partial charge on any atom is -0.497 e. The average molecular weight is 299 g/mol. The van der Waals surface area contributed by atoms with Crippen molar-refractivity contribution >= 4 is 11.6 Å². The molecule has 0 bridgehead atoms. The van der Waals surface area contributed by atoms with E-state index in [1.54, 1.807) is 18.3 Å². The second kappa shape index (κ2) is 4.88. The number of β-lactam (4-membered cyclic amide) rings is 1. The maximum Gasteiger partial charge on any atom is 0.262 e. The number of nitrogens with zero attached hydrogens (tertiary/aromatic N) is 1. The van der Waals surface area contributed by atoms with Gasteiger partial charge in [0.1, 0.15) is 17.6 Å². The van der Waals surface area contributed by atoms with Crippen LogP contribution in [0.4, 0.5) is 5.69 Å². The zero-order valence-corrected chi connectivity index (χ0v) is 12.3. The van der Waals surface area contributed by atoms with E-state index in [0.29, 0.717) is 6.61 Å². The number of hydrogen-bond acceptors (Lipinski definition) is 4. The first kappa shape index (κ1) is 13.4. The summed E-state index contributed by atoms with van der Waals surface area (Å²) in [6.07, 6.45) is 3.27. The first-order valence-electron chi connectivity index (χ1n) is 7.41. The summed E-state index contributed by atoms with van der Waals surface area (Å²) in [4.78, 5) is 14.5. The van der Waals surface area contributed by atoms with Crippen LogP contribution in [0.5, 0.6) is 5.75 Å². The minimum absolute atomic E-state index is 0.0107. The van der Waals surface area contributed by atoms with Crippen LogP contribution in [0.25, 0.3) is 0 Å². The summed E-state index contributed by atoms with van der Waals surface area (Å²) in [5, 5.41) is 0. The molecule has 5 heteroatoms. The first-order chi connectivity index (χ1) is 10.8. The maximum absolute atomic E-state index is 12.8. The molecule has 3 heterocycles. The fraction of sp³-hybridized carbons (Fsp3) is 0.353. The van der Waals surface area contributed by atoms with Crippen LogP contribution in [0.3, 0.4) is 0 Å². The summed E-state index contributed by atoms with van der Waals surface area (Å²) in [5.41, 5.74) is 0.0750. The van der Waals surface area contributed by atoms with Crippen molar-refractivity contribution in [1.82, 2.24) is 0 Å². The van der Waals surface area contributed by atoms with E-state index in [4.69, 9.17) is 13.9 Å². The van der Waals surface area contributed by atoms with Crippen LogP contribution in [-0.4, -0.2) is 25.2 Å². The summed E-state index contributed by atoms with van der Waals surface area (Å²) in [6.45, 7) is 0.624. The molecule has 0 saturated carbocycles. The largest absolute Gasteiger partial charge is 0.497 e. The van der Waals surface area contributed by atoms with Gasteiger partial charge in [0.05, 0.1) is 13.4 Å². The van der Waals surface area contributed by atoms with Gasteiger partial charge in [-0.15, -0.1) is 0 Å². The van der Waals surface area contributed by atoms with Gasteiger partial charge in [-0.2, -0.15) is 0 Å². The van der Waals surface area contributed by atoms with Crippen LogP contribution >= 0.6 is 0 Å². The minimum atomic E-state index is -0.752. The molecule has 1 spiro atoms. The van der Waals surface area contributed by atoms with Crippen molar-refractivity contribution in [2.75, 3.05) is 18.6 Å². The Hall–Kier alpha value is -2.27. The molecule has 1 aromatic heterocycles. The van der Waals surface area contributed by atoms with Crippen LogP contribution in [0.2, 0.25) is 0 Å². The molecule has 2 atom stereocenters. The zero-order valence-electron chi connectivity index (χ0n) is 12.3. The average Bonchev–Trinajstić information content (AvgIpc) is 3.24. The highest BCUT2D eigenvalue weighted by atomic mass is 16.5. The van der Waals surface area contributed by atoms with Crippen molar-refractivity contribution in [2.24, 2.45) is 0 Å². The van der Waals surface area contributed by atoms with E-state index in [-0.39, 0.29) is 11.9 Å². The van der Waals surface area contributed by atoms with E-state index in [2.05, 4.69) is 0 Å². The number of furan rings is 1. The molecule has 4 rings (SSSR count). The standard InChI is InChI=1S/C17H17NO4/c1-20-13-7-5-12(6-8-13)18-15(14-4-2-10-21-14)17(16(18)19)9-3-11-22-17/h2,4-8,10,15H,3,9,11H2,1H3/t15-,17+/m1/s1. The van der Waals surface area contributed by atoms with Gasteiger partial charge in [0.15, 0.2) is 5.60 Å². The Balaban J connectivity index is 1.73. The molecule has 0 N–H and O–H groups in total. The molecule has 1 aromatic carbocycles. The number of benzene rings is 1. The number of rotatable bonds is 3. The number of carbonyl (C=O) groups excluding carboxylic acids is 1. The van der Waals surface area contributed by atoms with Crippen LogP contribution in [0.15, 0.2) is 47.1 Å². The molecule has 0 aliphatic carbocycles. The molecule has 2 saturated heterocycles. The van der Waals surface area contributed by atoms with E-state index >= 15 is 0 Å². The zero-order chi connectivity index (χ0) is 15.2. The van der Waals surface area contributed by atoms with Crippen molar-refractivity contribution in [2.45, 2.75) is 24.5 Å². The van der Waals surface area contributed by atoms with Crippen molar-refractivity contribution in [1.29, 1.82) is 0 Å². The van der Waals surface area contributed by atoms with Gasteiger partial charge in [-0.25, -0.2) is 0 Å². The predicted octanol–water partition coefficient (Wildman–Crippen LogP) is 2.93. The summed E-state index contributed by atoms with van der Waals surface area (Å²) in [7, 11) is 1.62. The van der Waals surface area contributed by atoms with E-state index in [0.717, 1.165) is 30.0 Å². The molecule has 5 nitrogen and oxygen atoms in total. The lowest BCUT2D eigenvalue weighted by Crippen LogP contribution is -2.68. The monoisotopic (exact) mass is 299 g/mol. The Morgan fingerprint density at radius 1 is 1.27 bits per heavy atom. The summed E-state index contributed by atoms with van der Waals surface area (Å²) in [5.74, 6) is 1.53. The lowest BCUT2D eigenvalue weighted by molar-refractivity contribution is -0.157. The predicted molar refractivity (Wildman–Crippen MR) is 79.8 cm³/mol. The molecule has 114 valence electrons. The second-order valence-electron chi connectivity index (χ2n) is 5.63. The van der Waals surface area contributed by atoms with Gasteiger partial charge in [0.2, 0.25) is 0 Å². The quantitative estimate of drug-likeness (QED) is 0.818. The third-order valence-electron chi connectivity index (χ3n) is 4.50. The Bertz CT molecular complexity index is 671. The van der Waals surface area contributed by atoms with Crippen molar-refractivity contribution in [3.63, 3.8) is 0 Å². The Morgan fingerprint density at radius 2 is 2.09 bits per heavy atom. The highest BCUT2D eigenvalue weighted by molar-refractivity contribution is 6.08. The molecule has 2 aliphatic rings. The van der Waals surface area contributed by atoms with Gasteiger partial charge in [-0.3, -0.25) is 9.69 Å². The molecular formula is C17H17NO4. The van der Waals surface area contributed by atoms with E-state index in [1.807, 2.05) is 36.4 Å². The molecule has 2 aliphatic heterocycles. The molecule has 2 aromatic rings. The van der Waals surface area contributed by atoms with Gasteiger partial charge < -0.3 is 13.9 Å². The highest BCUT2D eigenvalue weighted by Gasteiger charge is 2.65. The van der Waals surface area contributed by atoms with Gasteiger partial charge in [-0.05, 0) is 49.2 Å². The van der Waals surface area contributed by atoms with Gasteiger partial charge in [0.25, 0.3) is 5.91 Å². The topological polar surface area (TPSA) is 51.9 Å². The van der Waals surface area contributed by atoms with Crippen LogP contribution in [0, 0.1) is 0 Å². The van der Waals surface area contributed by atoms with E-state index < -0.39 is 5.60 Å². The highest BCUT2D eigenvalue weighted by Crippen LogP contribution is 2.53. The summed E-state index contributed by atoms with van der Waals surface area (Å²) >= 11 is 0. The first-order valence-corrected chi connectivity index (χ1v) is 7.41. The van der Waals surface area contributed by atoms with Gasteiger partial charge in [0, 0.05) is 12.3 Å². The lowest BCUT2D eigenvalue weighted by Gasteiger charge is -2.52. The summed E-state index contributed by atoms with van der Waals surface area (Å²) < 4.78 is 16.6. The number of amides is 1. The maximum atomic E-state index is 12.8. The van der Waals surface area contributed by atoms with Crippen molar-refractivity contribution in [3.8, 4) is 5.75 Å². The van der Waals surface area contributed by atoms with Crippen LogP contribution in [0.1, 0.15) is 24.6 Å². The van der Waals surface area contributed by atoms with Crippen LogP contribution in [-0.2, 0) is 9.53 Å². The van der Waals surface area contributed by atoms with Gasteiger partial charge >= 0.3 is 0 Å². The third-order valence-corrected chi connectivity index (χ3v) is 4.50. The molecule has 0 unspecified atom stereocenters. The molecule has 1 amide bonds. The normalized spacial score (nSPS) is 27.2. The molecule has 2 fully saturated rings. The number of ether oxygens (including phenoxy) is 2. The number of anilines is 1. The number of carbonyl (C=O) groups is 1. The van der Waals surface area contributed by atoms with E-state index in [1.165, 1.54) is 0 Å². The Morgan fingerprint density at radius 3 is 2.68 bits per heavy atom. The second-order valence-corrected chi connectivity index (χ2v) is 5.63. The van der Waals surface area contributed by atoms with E-state index in [9.17, 15) is 4.79 Å². The van der Waals surface area contributed by atoms with Crippen LogP contribution < -0.4 is 9.64 Å². The number of methoxy groups -OCH3 is 1. The number of hydrogen-bond donors (Lipinski definition) is 0. The fourth-order valence-electron chi connectivity index (χ4n) is 3.44. The summed E-state index contributed by atoms with van der Waals surface area (Å²) in [6, 6.07) is 11.0.